The molecule has 1 saturated heterocycles. The first-order chi connectivity index (χ1) is 8.70. The van der Waals surface area contributed by atoms with Gasteiger partial charge in [-0.15, -0.1) is 0 Å². The largest absolute Gasteiger partial charge is 0.395 e. The van der Waals surface area contributed by atoms with Crippen LogP contribution in [-0.4, -0.2) is 61.4 Å². The Morgan fingerprint density at radius 3 is 2.78 bits per heavy atom. The van der Waals surface area contributed by atoms with E-state index in [0.29, 0.717) is 19.7 Å². The molecule has 1 aliphatic rings. The molecule has 1 amide bonds. The maximum absolute atomic E-state index is 12.6. The van der Waals surface area contributed by atoms with Gasteiger partial charge in [-0.25, -0.2) is 0 Å². The first kappa shape index (κ1) is 15.4. The number of methoxy groups -OCH3 is 1. The van der Waals surface area contributed by atoms with Crippen molar-refractivity contribution in [3.8, 4) is 0 Å². The van der Waals surface area contributed by atoms with E-state index < -0.39 is 5.54 Å². The van der Waals surface area contributed by atoms with E-state index in [9.17, 15) is 4.79 Å². The normalized spacial score (nSPS) is 23.3. The van der Waals surface area contributed by atoms with Crippen LogP contribution in [0.1, 0.15) is 32.6 Å². The molecule has 1 aliphatic heterocycles. The molecule has 5 heteroatoms. The number of carbonyl (C=O) groups excluding carboxylic acids is 1. The summed E-state index contributed by atoms with van der Waals surface area (Å²) in [4.78, 5) is 14.4. The molecule has 0 aliphatic carbocycles. The molecule has 0 saturated carbocycles. The Balaban J connectivity index is 2.71. The number of aliphatic hydroxyl groups is 1. The van der Waals surface area contributed by atoms with Gasteiger partial charge in [0, 0.05) is 20.2 Å². The Labute approximate surface area is 109 Å². The minimum Gasteiger partial charge on any atom is -0.395 e. The summed E-state index contributed by atoms with van der Waals surface area (Å²) >= 11 is 0. The predicted octanol–water partition coefficient (Wildman–Crippen LogP) is 0.376. The summed E-state index contributed by atoms with van der Waals surface area (Å²) < 4.78 is 5.03. The molecular weight excluding hydrogens is 232 g/mol. The van der Waals surface area contributed by atoms with Crippen LogP contribution in [0, 0.1) is 0 Å². The van der Waals surface area contributed by atoms with Gasteiger partial charge >= 0.3 is 0 Å². The molecule has 1 rings (SSSR count). The fraction of sp³-hybridized carbons (Fsp3) is 0.923. The van der Waals surface area contributed by atoms with Gasteiger partial charge in [-0.1, -0.05) is 13.3 Å². The maximum atomic E-state index is 12.6. The highest BCUT2D eigenvalue weighted by Crippen LogP contribution is 2.27. The number of ether oxygens (including phenoxy) is 1. The minimum atomic E-state index is -0.405. The highest BCUT2D eigenvalue weighted by atomic mass is 16.5. The van der Waals surface area contributed by atoms with Crippen LogP contribution in [0.2, 0.25) is 0 Å². The monoisotopic (exact) mass is 258 g/mol. The fourth-order valence-electron chi connectivity index (χ4n) is 2.68. The number of aliphatic hydroxyl groups excluding tert-OH is 1. The van der Waals surface area contributed by atoms with E-state index in [1.807, 2.05) is 0 Å². The lowest BCUT2D eigenvalue weighted by atomic mass is 9.90. The zero-order chi connectivity index (χ0) is 13.4. The van der Waals surface area contributed by atoms with Gasteiger partial charge in [0.2, 0.25) is 5.91 Å². The van der Waals surface area contributed by atoms with Crippen molar-refractivity contribution in [2.24, 2.45) is 0 Å². The van der Waals surface area contributed by atoms with Crippen LogP contribution < -0.4 is 5.32 Å². The number of nitrogens with zero attached hydrogens (tertiary/aromatic N) is 1. The van der Waals surface area contributed by atoms with Gasteiger partial charge in [0.25, 0.3) is 0 Å². The number of rotatable bonds is 8. The molecule has 106 valence electrons. The molecule has 5 nitrogen and oxygen atoms in total. The zero-order valence-electron chi connectivity index (χ0n) is 11.6. The summed E-state index contributed by atoms with van der Waals surface area (Å²) in [6, 6.07) is 0. The molecular formula is C13H26N2O3. The first-order valence-corrected chi connectivity index (χ1v) is 6.84. The third-order valence-corrected chi connectivity index (χ3v) is 3.55. The van der Waals surface area contributed by atoms with E-state index in [-0.39, 0.29) is 12.5 Å². The molecule has 1 unspecified atom stereocenters. The van der Waals surface area contributed by atoms with Gasteiger partial charge in [0.1, 0.15) is 0 Å². The fourth-order valence-corrected chi connectivity index (χ4v) is 2.68. The van der Waals surface area contributed by atoms with Crippen LogP contribution in [0.15, 0.2) is 0 Å². The molecule has 0 radical (unpaired) electrons. The van der Waals surface area contributed by atoms with E-state index >= 15 is 0 Å². The molecule has 0 spiro atoms. The van der Waals surface area contributed by atoms with Crippen molar-refractivity contribution in [1.29, 1.82) is 0 Å². The first-order valence-electron chi connectivity index (χ1n) is 6.84. The third kappa shape index (κ3) is 3.67. The Kier molecular flexibility index (Phi) is 6.60. The van der Waals surface area contributed by atoms with Gasteiger partial charge < -0.3 is 20.1 Å². The van der Waals surface area contributed by atoms with Crippen LogP contribution in [0.5, 0.6) is 0 Å². The number of amides is 1. The van der Waals surface area contributed by atoms with E-state index in [1.165, 1.54) is 0 Å². The van der Waals surface area contributed by atoms with Gasteiger partial charge in [-0.05, 0) is 25.8 Å². The Morgan fingerprint density at radius 2 is 2.28 bits per heavy atom. The van der Waals surface area contributed by atoms with Gasteiger partial charge in [-0.3, -0.25) is 4.79 Å². The van der Waals surface area contributed by atoms with Crippen LogP contribution in [0.3, 0.4) is 0 Å². The second kappa shape index (κ2) is 7.71. The smallest absolute Gasteiger partial charge is 0.243 e. The molecule has 1 atom stereocenters. The summed E-state index contributed by atoms with van der Waals surface area (Å²) in [6.07, 6.45) is 3.79. The average Bonchev–Trinajstić information content (AvgIpc) is 2.84. The van der Waals surface area contributed by atoms with E-state index in [4.69, 9.17) is 9.84 Å². The number of carbonyl (C=O) groups is 1. The predicted molar refractivity (Wildman–Crippen MR) is 70.4 cm³/mol. The maximum Gasteiger partial charge on any atom is 0.243 e. The lowest BCUT2D eigenvalue weighted by Gasteiger charge is -2.34. The van der Waals surface area contributed by atoms with Crippen molar-refractivity contribution < 1.29 is 14.6 Å². The van der Waals surface area contributed by atoms with E-state index in [2.05, 4.69) is 12.2 Å². The van der Waals surface area contributed by atoms with Crippen LogP contribution in [-0.2, 0) is 9.53 Å². The summed E-state index contributed by atoms with van der Waals surface area (Å²) in [5.74, 6) is 0.118. The topological polar surface area (TPSA) is 61.8 Å². The Hall–Kier alpha value is -0.650. The van der Waals surface area contributed by atoms with E-state index in [1.54, 1.807) is 12.0 Å². The lowest BCUT2D eigenvalue weighted by Crippen LogP contribution is -2.56. The molecule has 18 heavy (non-hydrogen) atoms. The number of nitrogens with one attached hydrogen (secondary N) is 1. The standard InChI is InChI=1S/C13H26N2O3/c1-3-5-13(6-4-7-14-13)12(17)15(8-10-16)9-11-18-2/h14,16H,3-11H2,1-2H3. The van der Waals surface area contributed by atoms with Crippen molar-refractivity contribution in [3.05, 3.63) is 0 Å². The molecule has 0 aromatic carbocycles. The van der Waals surface area contributed by atoms with E-state index in [0.717, 1.165) is 32.2 Å². The molecule has 0 bridgehead atoms. The van der Waals surface area contributed by atoms with Gasteiger partial charge in [0.15, 0.2) is 0 Å². The SMILES string of the molecule is CCCC1(C(=O)N(CCO)CCOC)CCCN1. The van der Waals surface area contributed by atoms with Crippen LogP contribution in [0.25, 0.3) is 0 Å². The van der Waals surface area contributed by atoms with Crippen LogP contribution in [0.4, 0.5) is 0 Å². The van der Waals surface area contributed by atoms with Gasteiger partial charge in [-0.2, -0.15) is 0 Å². The minimum absolute atomic E-state index is 0.00232. The second-order valence-electron chi connectivity index (χ2n) is 4.87. The molecule has 0 aromatic rings. The number of hydrogen-bond acceptors (Lipinski definition) is 4. The molecule has 1 fully saturated rings. The summed E-state index contributed by atoms with van der Waals surface area (Å²) in [5.41, 5.74) is -0.405. The lowest BCUT2D eigenvalue weighted by molar-refractivity contribution is -0.139. The van der Waals surface area contributed by atoms with Gasteiger partial charge in [0.05, 0.1) is 18.8 Å². The van der Waals surface area contributed by atoms with Crippen molar-refractivity contribution in [1.82, 2.24) is 10.2 Å². The summed E-state index contributed by atoms with van der Waals surface area (Å²) in [7, 11) is 1.62. The van der Waals surface area contributed by atoms with Crippen LogP contribution >= 0.6 is 0 Å². The third-order valence-electron chi connectivity index (χ3n) is 3.55. The summed E-state index contributed by atoms with van der Waals surface area (Å²) in [6.45, 7) is 4.44. The molecule has 2 N–H and O–H groups in total. The highest BCUT2D eigenvalue weighted by molar-refractivity contribution is 5.86. The Bertz CT molecular complexity index is 253. The van der Waals surface area contributed by atoms with Crippen molar-refractivity contribution in [2.75, 3.05) is 40.0 Å². The summed E-state index contributed by atoms with van der Waals surface area (Å²) in [5, 5.41) is 12.5. The Morgan fingerprint density at radius 1 is 1.50 bits per heavy atom. The second-order valence-corrected chi connectivity index (χ2v) is 4.87. The van der Waals surface area contributed by atoms with Crippen molar-refractivity contribution in [2.45, 2.75) is 38.1 Å². The highest BCUT2D eigenvalue weighted by Gasteiger charge is 2.42. The quantitative estimate of drug-likeness (QED) is 0.660. The molecule has 1 heterocycles. The van der Waals surface area contributed by atoms with Crippen molar-refractivity contribution >= 4 is 5.91 Å². The number of hydrogen-bond donors (Lipinski definition) is 2. The van der Waals surface area contributed by atoms with Crippen molar-refractivity contribution in [3.63, 3.8) is 0 Å². The molecule has 0 aromatic heterocycles. The average molecular weight is 258 g/mol. The zero-order valence-corrected chi connectivity index (χ0v) is 11.6.